The van der Waals surface area contributed by atoms with Gasteiger partial charge in [-0.15, -0.1) is 15.3 Å². The summed E-state index contributed by atoms with van der Waals surface area (Å²) >= 11 is 0. The summed E-state index contributed by atoms with van der Waals surface area (Å²) in [6.07, 6.45) is 1.38. The van der Waals surface area contributed by atoms with Gasteiger partial charge in [-0.05, 0) is 56.3 Å². The lowest BCUT2D eigenvalue weighted by molar-refractivity contribution is -0.158. The van der Waals surface area contributed by atoms with Gasteiger partial charge in [-0.1, -0.05) is 12.1 Å². The predicted octanol–water partition coefficient (Wildman–Crippen LogP) is 3.56. The highest BCUT2D eigenvalue weighted by molar-refractivity contribution is 5.82. The van der Waals surface area contributed by atoms with Gasteiger partial charge in [-0.25, -0.2) is 0 Å². The summed E-state index contributed by atoms with van der Waals surface area (Å²) in [5.74, 6) is 1.81. The van der Waals surface area contributed by atoms with E-state index < -0.39 is 6.11 Å². The van der Waals surface area contributed by atoms with Crippen molar-refractivity contribution in [1.82, 2.24) is 25.1 Å². The van der Waals surface area contributed by atoms with Gasteiger partial charge in [0.15, 0.2) is 17.4 Å². The van der Waals surface area contributed by atoms with Crippen LogP contribution < -0.4 is 25.0 Å². The first-order valence-electron chi connectivity index (χ1n) is 12.1. The average molecular weight is 486 g/mol. The number of nitrogens with zero attached hydrogens (tertiary/aromatic N) is 5. The smallest absolute Gasteiger partial charge is 0.394 e. The Labute approximate surface area is 201 Å². The van der Waals surface area contributed by atoms with Crippen LogP contribution in [-0.4, -0.2) is 65.3 Å². The fraction of sp³-hybridized carbons (Fsp3) is 0.542. The lowest BCUT2D eigenvalue weighted by atomic mass is 9.60. The molecule has 2 N–H and O–H groups in total. The van der Waals surface area contributed by atoms with E-state index in [1.54, 1.807) is 16.6 Å². The van der Waals surface area contributed by atoms with E-state index in [-0.39, 0.29) is 5.75 Å². The monoisotopic (exact) mass is 485 g/mol. The molecule has 1 spiro atoms. The minimum absolute atomic E-state index is 0.0424. The number of alkyl halides is 2. The maximum absolute atomic E-state index is 13.4. The van der Waals surface area contributed by atoms with Gasteiger partial charge in [0.2, 0.25) is 5.65 Å². The van der Waals surface area contributed by atoms with Crippen molar-refractivity contribution in [1.29, 1.82) is 0 Å². The molecule has 186 valence electrons. The Morgan fingerprint density at radius 2 is 2.03 bits per heavy atom. The van der Waals surface area contributed by atoms with Gasteiger partial charge in [0.05, 0.1) is 6.54 Å². The molecule has 3 aromatic rings. The lowest BCUT2D eigenvalue weighted by Crippen LogP contribution is -2.50. The molecule has 11 heteroatoms. The molecule has 0 radical (unpaired) electrons. The number of ether oxygens (including phenoxy) is 2. The number of benzene rings is 1. The highest BCUT2D eigenvalue weighted by Gasteiger charge is 2.45. The largest absolute Gasteiger partial charge is 0.486 e. The number of likely N-dealkylation sites (N-methyl/N-ethyl adjacent to an activating group) is 1. The third-order valence-corrected chi connectivity index (χ3v) is 7.29. The molecule has 6 rings (SSSR count). The number of hydrogen-bond donors (Lipinski definition) is 2. The van der Waals surface area contributed by atoms with Crippen LogP contribution in [0.5, 0.6) is 11.5 Å². The number of aromatic nitrogens is 4. The van der Waals surface area contributed by atoms with Gasteiger partial charge in [-0.2, -0.15) is 13.3 Å². The predicted molar refractivity (Wildman–Crippen MR) is 127 cm³/mol. The number of nitrogens with one attached hydrogen (secondary N) is 2. The summed E-state index contributed by atoms with van der Waals surface area (Å²) < 4.78 is 39.2. The van der Waals surface area contributed by atoms with Crippen molar-refractivity contribution >= 4 is 17.2 Å². The molecule has 0 bridgehead atoms. The average Bonchev–Trinajstić information content (AvgIpc) is 3.22. The number of halogens is 2. The van der Waals surface area contributed by atoms with E-state index in [1.165, 1.54) is 25.0 Å². The normalized spacial score (nSPS) is 19.8. The van der Waals surface area contributed by atoms with Gasteiger partial charge in [-0.3, -0.25) is 0 Å². The minimum Gasteiger partial charge on any atom is -0.486 e. The van der Waals surface area contributed by atoms with Crippen LogP contribution in [0, 0.1) is 5.41 Å². The van der Waals surface area contributed by atoms with Crippen LogP contribution >= 0.6 is 0 Å². The second-order valence-electron chi connectivity index (χ2n) is 9.99. The van der Waals surface area contributed by atoms with Crippen molar-refractivity contribution in [3.8, 4) is 22.9 Å². The fourth-order valence-electron chi connectivity index (χ4n) is 5.59. The molecular formula is C24H29F2N7O2. The van der Waals surface area contributed by atoms with Crippen LogP contribution in [0.15, 0.2) is 24.3 Å². The highest BCUT2D eigenvalue weighted by atomic mass is 19.3. The van der Waals surface area contributed by atoms with Crippen LogP contribution in [0.4, 0.5) is 20.3 Å². The maximum atomic E-state index is 13.4. The Balaban J connectivity index is 1.37. The Bertz CT molecular complexity index is 1240. The molecule has 1 saturated heterocycles. The molecule has 0 amide bonds. The topological polar surface area (TPSA) is 88.8 Å². The molecule has 2 aliphatic heterocycles. The maximum Gasteiger partial charge on any atom is 0.394 e. The van der Waals surface area contributed by atoms with Gasteiger partial charge in [0, 0.05) is 25.6 Å². The summed E-state index contributed by atoms with van der Waals surface area (Å²) in [5.41, 5.74) is 2.36. The molecule has 2 fully saturated rings. The molecule has 1 saturated carbocycles. The van der Waals surface area contributed by atoms with Gasteiger partial charge in [0.1, 0.15) is 18.0 Å². The van der Waals surface area contributed by atoms with Crippen LogP contribution in [0.2, 0.25) is 0 Å². The van der Waals surface area contributed by atoms with Crippen molar-refractivity contribution in [2.24, 2.45) is 5.41 Å². The first kappa shape index (κ1) is 22.3. The van der Waals surface area contributed by atoms with Crippen LogP contribution in [0.25, 0.3) is 17.0 Å². The lowest BCUT2D eigenvalue weighted by Gasteiger charge is -2.50. The van der Waals surface area contributed by atoms with E-state index in [0.717, 1.165) is 44.0 Å². The Kier molecular flexibility index (Phi) is 5.21. The molecule has 35 heavy (non-hydrogen) atoms. The second kappa shape index (κ2) is 8.18. The molecule has 0 unspecified atom stereocenters. The first-order chi connectivity index (χ1) is 16.8. The van der Waals surface area contributed by atoms with Crippen molar-refractivity contribution in [3.63, 3.8) is 0 Å². The standard InChI is InChI=1S/C24H29F2N7O2/c1-23(25,26)35-17-5-3-4-15(12-17)21-29-30-22-19-18(32(2)10-11-34-19)20(31-33(21)22)28-16-13-24(14-16)6-8-27-9-7-24/h3-5,12,16,27H,6-11,13-14H2,1-2H3,(H,28,31). The van der Waals surface area contributed by atoms with Crippen molar-refractivity contribution < 1.29 is 18.3 Å². The summed E-state index contributed by atoms with van der Waals surface area (Å²) in [5, 5.41) is 20.7. The molecule has 0 atom stereocenters. The Morgan fingerprint density at radius 1 is 1.23 bits per heavy atom. The SMILES string of the molecule is CN1CCOc2c1c(NC1CC3(CCNCC3)C1)nn1c(-c3cccc(OC(C)(F)F)c3)nnc21. The minimum atomic E-state index is -3.28. The van der Waals surface area contributed by atoms with E-state index in [9.17, 15) is 8.78 Å². The number of rotatable bonds is 5. The van der Waals surface area contributed by atoms with Crippen molar-refractivity contribution in [2.45, 2.75) is 44.8 Å². The second-order valence-corrected chi connectivity index (χ2v) is 9.99. The van der Waals surface area contributed by atoms with E-state index in [0.29, 0.717) is 47.8 Å². The van der Waals surface area contributed by atoms with Crippen LogP contribution in [-0.2, 0) is 0 Å². The van der Waals surface area contributed by atoms with Crippen molar-refractivity contribution in [2.75, 3.05) is 43.5 Å². The van der Waals surface area contributed by atoms with E-state index in [2.05, 4.69) is 25.7 Å². The summed E-state index contributed by atoms with van der Waals surface area (Å²) in [7, 11) is 2.02. The Morgan fingerprint density at radius 3 is 2.80 bits per heavy atom. The molecule has 9 nitrogen and oxygen atoms in total. The third kappa shape index (κ3) is 4.11. The summed E-state index contributed by atoms with van der Waals surface area (Å²) in [6, 6.07) is 6.75. The molecular weight excluding hydrogens is 456 g/mol. The quantitative estimate of drug-likeness (QED) is 0.567. The number of piperidine rings is 1. The molecule has 4 heterocycles. The van der Waals surface area contributed by atoms with Crippen LogP contribution in [0.1, 0.15) is 32.6 Å². The van der Waals surface area contributed by atoms with E-state index >= 15 is 0 Å². The number of anilines is 2. The molecule has 1 aromatic carbocycles. The summed E-state index contributed by atoms with van der Waals surface area (Å²) in [6.45, 7) is 4.14. The fourth-order valence-corrected chi connectivity index (χ4v) is 5.59. The molecule has 3 aliphatic rings. The Hall–Kier alpha value is -3.21. The highest BCUT2D eigenvalue weighted by Crippen LogP contribution is 2.50. The number of hydrogen-bond acceptors (Lipinski definition) is 8. The number of fused-ring (bicyclic) bond motifs is 3. The first-order valence-corrected chi connectivity index (χ1v) is 12.1. The molecule has 2 aromatic heterocycles. The third-order valence-electron chi connectivity index (χ3n) is 7.29. The van der Waals surface area contributed by atoms with E-state index in [1.807, 2.05) is 7.05 Å². The van der Waals surface area contributed by atoms with Gasteiger partial charge in [0.25, 0.3) is 0 Å². The zero-order chi connectivity index (χ0) is 24.2. The zero-order valence-electron chi connectivity index (χ0n) is 19.9. The van der Waals surface area contributed by atoms with Gasteiger partial charge >= 0.3 is 6.11 Å². The van der Waals surface area contributed by atoms with E-state index in [4.69, 9.17) is 14.6 Å². The molecule has 1 aliphatic carbocycles. The zero-order valence-corrected chi connectivity index (χ0v) is 19.9. The van der Waals surface area contributed by atoms with Gasteiger partial charge < -0.3 is 25.0 Å². The summed E-state index contributed by atoms with van der Waals surface area (Å²) in [4.78, 5) is 2.12. The van der Waals surface area contributed by atoms with Crippen LogP contribution in [0.3, 0.4) is 0 Å². The van der Waals surface area contributed by atoms with Crippen molar-refractivity contribution in [3.05, 3.63) is 24.3 Å².